The summed E-state index contributed by atoms with van der Waals surface area (Å²) in [5.41, 5.74) is 2.05. The molecule has 1 amide bonds. The normalized spacial score (nSPS) is 9.20. The number of carbonyl (C=O) groups is 1. The molecule has 0 radical (unpaired) electrons. The van der Waals surface area contributed by atoms with E-state index in [0.29, 0.717) is 12.2 Å². The number of hydrogen-bond acceptors (Lipinski definition) is 3. The van der Waals surface area contributed by atoms with Gasteiger partial charge >= 0.3 is 0 Å². The minimum atomic E-state index is 0.256. The number of amides is 1. The molecule has 0 bridgehead atoms. The number of carbonyl (C=O) groups excluding carboxylic acids is 1. The van der Waals surface area contributed by atoms with Crippen LogP contribution in [0.2, 0.25) is 0 Å². The Bertz CT molecular complexity index is 185. The lowest BCUT2D eigenvalue weighted by Crippen LogP contribution is -2.11. The zero-order valence-corrected chi connectivity index (χ0v) is 5.20. The topological polar surface area (TPSA) is 67.0 Å². The molecule has 5 nitrogen and oxygen atoms in total. The van der Waals surface area contributed by atoms with E-state index in [4.69, 9.17) is 0 Å². The van der Waals surface area contributed by atoms with Gasteiger partial charge in [-0.3, -0.25) is 9.63 Å². The van der Waals surface area contributed by atoms with Gasteiger partial charge in [-0.2, -0.15) is 0 Å². The van der Waals surface area contributed by atoms with Crippen molar-refractivity contribution < 1.29 is 9.63 Å². The maximum absolute atomic E-state index is 9.67. The fourth-order valence-electron chi connectivity index (χ4n) is 0.521. The number of imidazole rings is 1. The average Bonchev–Trinajstić information content (AvgIpc) is 2.41. The first-order valence-corrected chi connectivity index (χ1v) is 2.72. The van der Waals surface area contributed by atoms with E-state index in [-0.39, 0.29) is 6.61 Å². The number of rotatable bonds is 4. The SMILES string of the molecule is O=CNOCc1ncc[nH]1. The summed E-state index contributed by atoms with van der Waals surface area (Å²) in [6.07, 6.45) is 3.75. The van der Waals surface area contributed by atoms with Crippen molar-refractivity contribution in [2.45, 2.75) is 6.61 Å². The summed E-state index contributed by atoms with van der Waals surface area (Å²) in [5.74, 6) is 0.675. The van der Waals surface area contributed by atoms with Gasteiger partial charge in [-0.1, -0.05) is 0 Å². The van der Waals surface area contributed by atoms with E-state index in [1.165, 1.54) is 0 Å². The molecule has 5 heteroatoms. The second-order valence-corrected chi connectivity index (χ2v) is 1.56. The fraction of sp³-hybridized carbons (Fsp3) is 0.200. The average molecular weight is 141 g/mol. The summed E-state index contributed by atoms with van der Waals surface area (Å²) in [6.45, 7) is 0.256. The molecular weight excluding hydrogens is 134 g/mol. The van der Waals surface area contributed by atoms with E-state index in [1.807, 2.05) is 5.48 Å². The lowest BCUT2D eigenvalue weighted by Gasteiger charge is -1.95. The van der Waals surface area contributed by atoms with Gasteiger partial charge in [0, 0.05) is 12.4 Å². The zero-order valence-electron chi connectivity index (χ0n) is 5.20. The van der Waals surface area contributed by atoms with Gasteiger partial charge in [0.2, 0.25) is 6.41 Å². The van der Waals surface area contributed by atoms with E-state index < -0.39 is 0 Å². The predicted molar refractivity (Wildman–Crippen MR) is 32.6 cm³/mol. The first kappa shape index (κ1) is 6.76. The standard InChI is InChI=1S/C5H7N3O2/c9-4-8-10-3-5-6-1-2-7-5/h1-2,4H,3H2,(H,6,7)(H,8,9). The number of nitrogens with one attached hydrogen (secondary N) is 2. The van der Waals surface area contributed by atoms with Crippen LogP contribution in [0.15, 0.2) is 12.4 Å². The smallest absolute Gasteiger partial charge is 0.230 e. The highest BCUT2D eigenvalue weighted by atomic mass is 16.6. The van der Waals surface area contributed by atoms with Gasteiger partial charge in [-0.05, 0) is 0 Å². The summed E-state index contributed by atoms with van der Waals surface area (Å²) in [5, 5.41) is 0. The van der Waals surface area contributed by atoms with Gasteiger partial charge in [-0.25, -0.2) is 10.5 Å². The predicted octanol–water partition coefficient (Wildman–Crippen LogP) is -0.413. The quantitative estimate of drug-likeness (QED) is 0.340. The third-order valence-electron chi connectivity index (χ3n) is 0.895. The minimum absolute atomic E-state index is 0.256. The molecule has 0 atom stereocenters. The molecule has 0 aliphatic carbocycles. The van der Waals surface area contributed by atoms with E-state index in [9.17, 15) is 4.79 Å². The van der Waals surface area contributed by atoms with Crippen molar-refractivity contribution in [3.8, 4) is 0 Å². The Morgan fingerprint density at radius 3 is 3.40 bits per heavy atom. The van der Waals surface area contributed by atoms with Crippen LogP contribution in [0.25, 0.3) is 0 Å². The molecule has 1 aromatic heterocycles. The molecular formula is C5H7N3O2. The molecule has 0 fully saturated rings. The number of aromatic amines is 1. The second-order valence-electron chi connectivity index (χ2n) is 1.56. The summed E-state index contributed by atoms with van der Waals surface area (Å²) < 4.78 is 0. The third kappa shape index (κ3) is 1.87. The Kier molecular flexibility index (Phi) is 2.45. The van der Waals surface area contributed by atoms with Crippen LogP contribution in [-0.4, -0.2) is 16.4 Å². The molecule has 10 heavy (non-hydrogen) atoms. The van der Waals surface area contributed by atoms with Crippen LogP contribution in [0.1, 0.15) is 5.82 Å². The second kappa shape index (κ2) is 3.62. The van der Waals surface area contributed by atoms with E-state index in [1.54, 1.807) is 12.4 Å². The Balaban J connectivity index is 2.21. The van der Waals surface area contributed by atoms with Gasteiger partial charge in [0.1, 0.15) is 12.4 Å². The molecule has 0 unspecified atom stereocenters. The van der Waals surface area contributed by atoms with Gasteiger partial charge in [0.15, 0.2) is 0 Å². The van der Waals surface area contributed by atoms with Crippen molar-refractivity contribution in [3.05, 3.63) is 18.2 Å². The number of nitrogens with zero attached hydrogens (tertiary/aromatic N) is 1. The first-order chi connectivity index (χ1) is 4.93. The molecule has 54 valence electrons. The van der Waals surface area contributed by atoms with Gasteiger partial charge in [0.25, 0.3) is 0 Å². The molecule has 2 N–H and O–H groups in total. The summed E-state index contributed by atoms with van der Waals surface area (Å²) in [6, 6.07) is 0. The monoisotopic (exact) mass is 141 g/mol. The van der Waals surface area contributed by atoms with Gasteiger partial charge in [0.05, 0.1) is 0 Å². The van der Waals surface area contributed by atoms with E-state index >= 15 is 0 Å². The summed E-state index contributed by atoms with van der Waals surface area (Å²) in [7, 11) is 0. The molecule has 1 rings (SSSR count). The molecule has 0 aliphatic rings. The highest BCUT2D eigenvalue weighted by Gasteiger charge is 1.91. The number of hydrogen-bond donors (Lipinski definition) is 2. The number of H-pyrrole nitrogens is 1. The Hall–Kier alpha value is -1.36. The molecule has 0 saturated heterocycles. The van der Waals surface area contributed by atoms with Crippen LogP contribution < -0.4 is 5.48 Å². The van der Waals surface area contributed by atoms with Crippen molar-refractivity contribution >= 4 is 6.41 Å². The summed E-state index contributed by atoms with van der Waals surface area (Å²) >= 11 is 0. The Labute approximate surface area is 57.4 Å². The number of aromatic nitrogens is 2. The first-order valence-electron chi connectivity index (χ1n) is 2.72. The van der Waals surface area contributed by atoms with Crippen LogP contribution in [0.3, 0.4) is 0 Å². The minimum Gasteiger partial charge on any atom is -0.347 e. The lowest BCUT2D eigenvalue weighted by molar-refractivity contribution is -0.121. The van der Waals surface area contributed by atoms with Crippen LogP contribution >= 0.6 is 0 Å². The van der Waals surface area contributed by atoms with Crippen LogP contribution in [-0.2, 0) is 16.2 Å². The number of hydroxylamine groups is 1. The van der Waals surface area contributed by atoms with Gasteiger partial charge < -0.3 is 4.98 Å². The fourth-order valence-corrected chi connectivity index (χ4v) is 0.521. The lowest BCUT2D eigenvalue weighted by atomic mass is 10.7. The van der Waals surface area contributed by atoms with Gasteiger partial charge in [-0.15, -0.1) is 0 Å². The molecule has 1 heterocycles. The van der Waals surface area contributed by atoms with Crippen molar-refractivity contribution in [2.24, 2.45) is 0 Å². The van der Waals surface area contributed by atoms with Crippen molar-refractivity contribution in [3.63, 3.8) is 0 Å². The van der Waals surface area contributed by atoms with Crippen LogP contribution in [0.4, 0.5) is 0 Å². The Morgan fingerprint density at radius 2 is 2.80 bits per heavy atom. The molecule has 0 saturated carbocycles. The van der Waals surface area contributed by atoms with Crippen molar-refractivity contribution in [1.29, 1.82) is 0 Å². The van der Waals surface area contributed by atoms with E-state index in [2.05, 4.69) is 14.8 Å². The maximum Gasteiger partial charge on any atom is 0.230 e. The van der Waals surface area contributed by atoms with E-state index in [0.717, 1.165) is 0 Å². The van der Waals surface area contributed by atoms with Crippen molar-refractivity contribution in [1.82, 2.24) is 15.4 Å². The largest absolute Gasteiger partial charge is 0.347 e. The van der Waals surface area contributed by atoms with Crippen LogP contribution in [0.5, 0.6) is 0 Å². The molecule has 1 aromatic rings. The zero-order chi connectivity index (χ0) is 7.23. The maximum atomic E-state index is 9.67. The van der Waals surface area contributed by atoms with Crippen molar-refractivity contribution in [2.75, 3.05) is 0 Å². The summed E-state index contributed by atoms with van der Waals surface area (Å²) in [4.78, 5) is 20.9. The molecule has 0 aliphatic heterocycles. The highest BCUT2D eigenvalue weighted by molar-refractivity contribution is 5.43. The van der Waals surface area contributed by atoms with Crippen LogP contribution in [0, 0.1) is 0 Å². The highest BCUT2D eigenvalue weighted by Crippen LogP contribution is 1.87. The third-order valence-corrected chi connectivity index (χ3v) is 0.895. The Morgan fingerprint density at radius 1 is 1.90 bits per heavy atom. The molecule has 0 aromatic carbocycles. The molecule has 0 spiro atoms.